The van der Waals surface area contributed by atoms with E-state index in [0.717, 1.165) is 0 Å². The summed E-state index contributed by atoms with van der Waals surface area (Å²) in [4.78, 5) is 34.4. The summed E-state index contributed by atoms with van der Waals surface area (Å²) >= 11 is 0. The van der Waals surface area contributed by atoms with Gasteiger partial charge in [0.25, 0.3) is 0 Å². The van der Waals surface area contributed by atoms with E-state index in [1.165, 1.54) is 13.8 Å². The molecule has 0 spiro atoms. The third-order valence-electron chi connectivity index (χ3n) is 3.10. The van der Waals surface area contributed by atoms with Gasteiger partial charge in [-0.1, -0.05) is 18.2 Å². The van der Waals surface area contributed by atoms with Gasteiger partial charge in [-0.25, -0.2) is 0 Å². The Morgan fingerprint density at radius 2 is 1.76 bits per heavy atom. The fraction of sp³-hybridized carbons (Fsp3) is 0.400. The summed E-state index contributed by atoms with van der Waals surface area (Å²) in [6.07, 6.45) is 0.00587. The van der Waals surface area contributed by atoms with Crippen molar-refractivity contribution in [2.75, 3.05) is 12.4 Å². The van der Waals surface area contributed by atoms with Gasteiger partial charge >= 0.3 is 5.97 Å². The molecular formula is C15H20N2O4. The summed E-state index contributed by atoms with van der Waals surface area (Å²) in [5.41, 5.74) is 0.0606. The Labute approximate surface area is 123 Å². The lowest BCUT2D eigenvalue weighted by atomic mass is 9.89. The van der Waals surface area contributed by atoms with Crippen molar-refractivity contribution >= 4 is 23.5 Å². The first-order valence-electron chi connectivity index (χ1n) is 6.58. The number of anilines is 1. The van der Waals surface area contributed by atoms with Crippen LogP contribution < -0.4 is 10.6 Å². The van der Waals surface area contributed by atoms with Crippen LogP contribution in [0.3, 0.4) is 0 Å². The molecule has 0 radical (unpaired) electrons. The number of carboxylic acid groups (broad SMARTS) is 1. The van der Waals surface area contributed by atoms with E-state index < -0.39 is 17.3 Å². The number of hydrogen-bond acceptors (Lipinski definition) is 3. The van der Waals surface area contributed by atoms with Gasteiger partial charge in [-0.3, -0.25) is 14.4 Å². The summed E-state index contributed by atoms with van der Waals surface area (Å²) in [5.74, 6) is -1.59. The minimum absolute atomic E-state index is 0.142. The van der Waals surface area contributed by atoms with Crippen LogP contribution in [-0.4, -0.2) is 29.9 Å². The highest BCUT2D eigenvalue weighted by Crippen LogP contribution is 2.22. The first kappa shape index (κ1) is 16.7. The van der Waals surface area contributed by atoms with E-state index in [4.69, 9.17) is 5.11 Å². The molecular weight excluding hydrogens is 272 g/mol. The summed E-state index contributed by atoms with van der Waals surface area (Å²) in [5, 5.41) is 14.2. The number of nitrogens with one attached hydrogen (secondary N) is 2. The molecule has 1 aromatic rings. The quantitative estimate of drug-likeness (QED) is 0.738. The van der Waals surface area contributed by atoms with Crippen LogP contribution in [-0.2, 0) is 20.8 Å². The molecule has 0 bridgehead atoms. The largest absolute Gasteiger partial charge is 0.481 e. The van der Waals surface area contributed by atoms with Gasteiger partial charge in [-0.05, 0) is 25.5 Å². The molecule has 0 unspecified atom stereocenters. The van der Waals surface area contributed by atoms with Crippen molar-refractivity contribution in [3.63, 3.8) is 0 Å². The lowest BCUT2D eigenvalue weighted by molar-refractivity contribution is -0.148. The molecule has 0 aromatic heterocycles. The van der Waals surface area contributed by atoms with E-state index in [1.807, 2.05) is 0 Å². The van der Waals surface area contributed by atoms with Gasteiger partial charge in [0.15, 0.2) is 0 Å². The zero-order chi connectivity index (χ0) is 16.0. The number of carboxylic acids is 1. The smallest absolute Gasteiger partial charge is 0.309 e. The number of benzene rings is 1. The number of hydrogen-bond donors (Lipinski definition) is 3. The van der Waals surface area contributed by atoms with E-state index in [9.17, 15) is 14.4 Å². The van der Waals surface area contributed by atoms with Gasteiger partial charge < -0.3 is 15.7 Å². The maximum absolute atomic E-state index is 12.0. The number of para-hydroxylation sites is 1. The van der Waals surface area contributed by atoms with E-state index in [1.54, 1.807) is 31.3 Å². The van der Waals surface area contributed by atoms with Gasteiger partial charge in [-0.2, -0.15) is 0 Å². The highest BCUT2D eigenvalue weighted by atomic mass is 16.4. The summed E-state index contributed by atoms with van der Waals surface area (Å²) in [6.45, 7) is 2.98. The van der Waals surface area contributed by atoms with Crippen molar-refractivity contribution in [2.24, 2.45) is 5.41 Å². The Hall–Kier alpha value is -2.37. The molecule has 0 fully saturated rings. The van der Waals surface area contributed by atoms with Crippen LogP contribution in [0.4, 0.5) is 5.69 Å². The third-order valence-corrected chi connectivity index (χ3v) is 3.10. The normalized spacial score (nSPS) is 10.8. The van der Waals surface area contributed by atoms with Crippen molar-refractivity contribution in [1.29, 1.82) is 0 Å². The number of amides is 2. The van der Waals surface area contributed by atoms with Crippen LogP contribution in [0, 0.1) is 5.41 Å². The number of carbonyl (C=O) groups is 3. The maximum atomic E-state index is 12.0. The van der Waals surface area contributed by atoms with Crippen molar-refractivity contribution < 1.29 is 19.5 Å². The maximum Gasteiger partial charge on any atom is 0.309 e. The molecule has 21 heavy (non-hydrogen) atoms. The van der Waals surface area contributed by atoms with E-state index in [0.29, 0.717) is 11.3 Å². The first-order valence-corrected chi connectivity index (χ1v) is 6.58. The van der Waals surface area contributed by atoms with Crippen LogP contribution >= 0.6 is 0 Å². The van der Waals surface area contributed by atoms with Gasteiger partial charge in [0.2, 0.25) is 11.8 Å². The number of carbonyl (C=O) groups excluding carboxylic acids is 2. The molecule has 3 N–H and O–H groups in total. The van der Waals surface area contributed by atoms with Crippen molar-refractivity contribution in [3.8, 4) is 0 Å². The molecule has 0 heterocycles. The molecule has 0 atom stereocenters. The molecule has 6 heteroatoms. The number of aliphatic carboxylic acids is 1. The van der Waals surface area contributed by atoms with Gasteiger partial charge in [0, 0.05) is 19.2 Å². The summed E-state index contributed by atoms with van der Waals surface area (Å²) in [6, 6.07) is 6.94. The molecule has 0 saturated carbocycles. The molecule has 114 valence electrons. The highest BCUT2D eigenvalue weighted by molar-refractivity contribution is 5.95. The second-order valence-electron chi connectivity index (χ2n) is 5.42. The average molecular weight is 292 g/mol. The topological polar surface area (TPSA) is 95.5 Å². The Balaban J connectivity index is 2.81. The lowest BCUT2D eigenvalue weighted by Crippen LogP contribution is -2.30. The minimum Gasteiger partial charge on any atom is -0.481 e. The summed E-state index contributed by atoms with van der Waals surface area (Å²) < 4.78 is 0. The Morgan fingerprint density at radius 3 is 2.33 bits per heavy atom. The third kappa shape index (κ3) is 4.91. The van der Waals surface area contributed by atoms with Crippen molar-refractivity contribution in [1.82, 2.24) is 5.32 Å². The predicted molar refractivity (Wildman–Crippen MR) is 78.9 cm³/mol. The van der Waals surface area contributed by atoms with Gasteiger partial charge in [0.05, 0.1) is 11.8 Å². The van der Waals surface area contributed by atoms with Crippen molar-refractivity contribution in [2.45, 2.75) is 26.7 Å². The fourth-order valence-electron chi connectivity index (χ4n) is 1.73. The molecule has 6 nitrogen and oxygen atoms in total. The predicted octanol–water partition coefficient (Wildman–Crippen LogP) is 1.41. The van der Waals surface area contributed by atoms with Crippen molar-refractivity contribution in [3.05, 3.63) is 29.8 Å². The Bertz CT molecular complexity index is 552. The van der Waals surface area contributed by atoms with Crippen LogP contribution in [0.25, 0.3) is 0 Å². The molecule has 1 aromatic carbocycles. The number of likely N-dealkylation sites (N-methyl/N-ethyl adjacent to an activating group) is 1. The molecule has 0 aliphatic rings. The minimum atomic E-state index is -1.14. The Morgan fingerprint density at radius 1 is 1.14 bits per heavy atom. The van der Waals surface area contributed by atoms with Crippen LogP contribution in [0.15, 0.2) is 24.3 Å². The van der Waals surface area contributed by atoms with Crippen LogP contribution in [0.2, 0.25) is 0 Å². The zero-order valence-corrected chi connectivity index (χ0v) is 12.4. The van der Waals surface area contributed by atoms with Crippen LogP contribution in [0.5, 0.6) is 0 Å². The Kier molecular flexibility index (Phi) is 5.46. The highest BCUT2D eigenvalue weighted by Gasteiger charge is 2.30. The monoisotopic (exact) mass is 292 g/mol. The standard InChI is InChI=1S/C15H20N2O4/c1-15(2,14(20)21)9-13(19)17-11-7-5-4-6-10(11)8-12(18)16-3/h4-7H,8-9H2,1-3H3,(H,16,18)(H,17,19)(H,20,21). The van der Waals surface area contributed by atoms with E-state index in [-0.39, 0.29) is 18.7 Å². The second-order valence-corrected chi connectivity index (χ2v) is 5.42. The molecule has 1 rings (SSSR count). The average Bonchev–Trinajstić information content (AvgIpc) is 2.40. The van der Waals surface area contributed by atoms with Gasteiger partial charge in [0.1, 0.15) is 0 Å². The van der Waals surface area contributed by atoms with E-state index >= 15 is 0 Å². The van der Waals surface area contributed by atoms with Gasteiger partial charge in [-0.15, -0.1) is 0 Å². The molecule has 0 saturated heterocycles. The SMILES string of the molecule is CNC(=O)Cc1ccccc1NC(=O)CC(C)(C)C(=O)O. The van der Waals surface area contributed by atoms with E-state index in [2.05, 4.69) is 10.6 Å². The number of rotatable bonds is 6. The lowest BCUT2D eigenvalue weighted by Gasteiger charge is -2.19. The van der Waals surface area contributed by atoms with Crippen LogP contribution in [0.1, 0.15) is 25.8 Å². The zero-order valence-electron chi connectivity index (χ0n) is 12.4. The second kappa shape index (κ2) is 6.88. The fourth-order valence-corrected chi connectivity index (χ4v) is 1.73. The summed E-state index contributed by atoms with van der Waals surface area (Å²) in [7, 11) is 1.54. The molecule has 0 aliphatic heterocycles. The molecule has 2 amide bonds. The first-order chi connectivity index (χ1) is 9.76. The molecule has 0 aliphatic carbocycles.